The van der Waals surface area contributed by atoms with Crippen LogP contribution in [0.15, 0.2) is 23.8 Å². The van der Waals surface area contributed by atoms with E-state index in [0.29, 0.717) is 17.4 Å². The van der Waals surface area contributed by atoms with Gasteiger partial charge in [-0.05, 0) is 119 Å². The molecule has 5 fully saturated rings. The summed E-state index contributed by atoms with van der Waals surface area (Å²) in [5.74, 6) is 2.97. The number of hydrogen-bond donors (Lipinski definition) is 2. The predicted molar refractivity (Wildman–Crippen MR) is 134 cm³/mol. The fourth-order valence-corrected chi connectivity index (χ4v) is 8.53. The monoisotopic (exact) mass is 460 g/mol. The van der Waals surface area contributed by atoms with Gasteiger partial charge in [0.15, 0.2) is 0 Å². The van der Waals surface area contributed by atoms with Crippen LogP contribution in [0.25, 0.3) is 0 Å². The van der Waals surface area contributed by atoms with Crippen LogP contribution in [-0.4, -0.2) is 53.2 Å². The Morgan fingerprint density at radius 1 is 1.16 bits per heavy atom. The van der Waals surface area contributed by atoms with E-state index in [-0.39, 0.29) is 11.0 Å². The van der Waals surface area contributed by atoms with Gasteiger partial charge >= 0.3 is 0 Å². The van der Waals surface area contributed by atoms with Gasteiger partial charge in [-0.3, -0.25) is 0 Å². The standard InChI is InChI=1S/C28H45ClN2O/c1-20(2)26(18-31-11-7-24(8-12-31)23-3-5-25(29)6-4-23)30-10-9-27-14-21-13-22(15-27)17-28(32,16-21)19-27/h3-5,20-22,24-26,30,32H,6-19H2,1-2H3/t21?,22?,25?,26-,27?,28?/m0/s1. The van der Waals surface area contributed by atoms with Crippen LogP contribution in [0.5, 0.6) is 0 Å². The Morgan fingerprint density at radius 2 is 1.88 bits per heavy atom. The highest BCUT2D eigenvalue weighted by Gasteiger charge is 2.56. The zero-order valence-corrected chi connectivity index (χ0v) is 21.1. The van der Waals surface area contributed by atoms with Crippen molar-refractivity contribution in [2.24, 2.45) is 29.1 Å². The first kappa shape index (κ1) is 23.4. The van der Waals surface area contributed by atoms with Crippen LogP contribution in [0.2, 0.25) is 0 Å². The summed E-state index contributed by atoms with van der Waals surface area (Å²) in [4.78, 5) is 2.69. The average molecular weight is 461 g/mol. The molecule has 5 aliphatic carbocycles. The van der Waals surface area contributed by atoms with Crippen molar-refractivity contribution < 1.29 is 5.11 Å². The minimum absolute atomic E-state index is 0.193. The van der Waals surface area contributed by atoms with Crippen LogP contribution >= 0.6 is 11.6 Å². The summed E-state index contributed by atoms with van der Waals surface area (Å²) >= 11 is 6.21. The zero-order valence-electron chi connectivity index (χ0n) is 20.4. The van der Waals surface area contributed by atoms with Gasteiger partial charge < -0.3 is 15.3 Å². The molecule has 3 unspecified atom stereocenters. The van der Waals surface area contributed by atoms with Crippen molar-refractivity contribution in [2.75, 3.05) is 26.2 Å². The Morgan fingerprint density at radius 3 is 2.47 bits per heavy atom. The molecular weight excluding hydrogens is 416 g/mol. The van der Waals surface area contributed by atoms with E-state index in [2.05, 4.69) is 42.3 Å². The third-order valence-corrected chi connectivity index (χ3v) is 9.93. The summed E-state index contributed by atoms with van der Waals surface area (Å²) in [6.07, 6.45) is 19.0. The quantitative estimate of drug-likeness (QED) is 0.467. The molecule has 6 aliphatic rings. The smallest absolute Gasteiger partial charge is 0.0658 e. The maximum atomic E-state index is 11.1. The molecule has 1 saturated heterocycles. The van der Waals surface area contributed by atoms with E-state index in [1.807, 2.05) is 0 Å². The molecule has 3 nitrogen and oxygen atoms in total. The average Bonchev–Trinajstić information content (AvgIpc) is 2.72. The SMILES string of the molecule is CC(C)[C@H](CN1CCC(C2=CCC(Cl)C=C2)CC1)NCCC12CC3CC(CC(O)(C3)C1)C2. The second-order valence-corrected chi connectivity index (χ2v) is 13.2. The molecule has 4 bridgehead atoms. The molecule has 0 amide bonds. The molecule has 0 radical (unpaired) electrons. The van der Waals surface area contributed by atoms with Gasteiger partial charge in [0.05, 0.1) is 11.0 Å². The first-order chi connectivity index (χ1) is 15.3. The Bertz CT molecular complexity index is 709. The maximum Gasteiger partial charge on any atom is 0.0658 e. The number of hydrogen-bond acceptors (Lipinski definition) is 3. The first-order valence-corrected chi connectivity index (χ1v) is 14.0. The zero-order chi connectivity index (χ0) is 22.3. The lowest BCUT2D eigenvalue weighted by Crippen LogP contribution is -2.56. The van der Waals surface area contributed by atoms with Crippen LogP contribution in [0.4, 0.5) is 0 Å². The number of aliphatic hydroxyl groups is 1. The Balaban J connectivity index is 1.09. The molecule has 32 heavy (non-hydrogen) atoms. The number of nitrogens with zero attached hydrogens (tertiary/aromatic N) is 1. The molecular formula is C28H45ClN2O. The molecule has 1 aliphatic heterocycles. The molecule has 4 atom stereocenters. The normalized spacial score (nSPS) is 40.8. The highest BCUT2D eigenvalue weighted by molar-refractivity contribution is 6.22. The van der Waals surface area contributed by atoms with E-state index in [0.717, 1.165) is 50.0 Å². The Hall–Kier alpha value is -0.350. The summed E-state index contributed by atoms with van der Waals surface area (Å²) in [7, 11) is 0. The number of alkyl halides is 1. The molecule has 0 spiro atoms. The fourth-order valence-electron chi connectivity index (χ4n) is 8.37. The predicted octanol–water partition coefficient (Wildman–Crippen LogP) is 5.53. The van der Waals surface area contributed by atoms with Crippen molar-refractivity contribution in [3.05, 3.63) is 23.8 Å². The number of piperidine rings is 1. The van der Waals surface area contributed by atoms with Crippen molar-refractivity contribution >= 4 is 11.6 Å². The maximum absolute atomic E-state index is 11.1. The largest absolute Gasteiger partial charge is 0.390 e. The minimum atomic E-state index is -0.320. The highest BCUT2D eigenvalue weighted by Crippen LogP contribution is 2.62. The van der Waals surface area contributed by atoms with Gasteiger partial charge in [0.2, 0.25) is 0 Å². The summed E-state index contributed by atoms with van der Waals surface area (Å²) in [5, 5.41) is 15.2. The van der Waals surface area contributed by atoms with Crippen molar-refractivity contribution in [3.63, 3.8) is 0 Å². The summed E-state index contributed by atoms with van der Waals surface area (Å²) < 4.78 is 0. The van der Waals surface area contributed by atoms with Gasteiger partial charge in [-0.25, -0.2) is 0 Å². The van der Waals surface area contributed by atoms with Crippen LogP contribution in [0.3, 0.4) is 0 Å². The minimum Gasteiger partial charge on any atom is -0.390 e. The fraction of sp³-hybridized carbons (Fsp3) is 0.857. The molecule has 4 saturated carbocycles. The molecule has 180 valence electrons. The highest BCUT2D eigenvalue weighted by atomic mass is 35.5. The summed E-state index contributed by atoms with van der Waals surface area (Å²) in [6.45, 7) is 9.46. The molecule has 0 aromatic rings. The van der Waals surface area contributed by atoms with Gasteiger partial charge in [0.1, 0.15) is 0 Å². The lowest BCUT2D eigenvalue weighted by Gasteiger charge is -2.60. The molecule has 4 heteroatoms. The number of rotatable bonds is 8. The second-order valence-electron chi connectivity index (χ2n) is 12.6. The van der Waals surface area contributed by atoms with Crippen molar-refractivity contribution in [3.8, 4) is 0 Å². The van der Waals surface area contributed by atoms with Crippen LogP contribution in [0.1, 0.15) is 78.1 Å². The number of nitrogens with one attached hydrogen (secondary N) is 1. The van der Waals surface area contributed by atoms with Crippen LogP contribution < -0.4 is 5.32 Å². The van der Waals surface area contributed by atoms with Crippen LogP contribution in [-0.2, 0) is 0 Å². The number of allylic oxidation sites excluding steroid dienone is 4. The van der Waals surface area contributed by atoms with Gasteiger partial charge in [-0.2, -0.15) is 0 Å². The third kappa shape index (κ3) is 5.16. The lowest BCUT2D eigenvalue weighted by atomic mass is 9.47. The van der Waals surface area contributed by atoms with Crippen LogP contribution in [0, 0.1) is 29.1 Å². The summed E-state index contributed by atoms with van der Waals surface area (Å²) in [6, 6.07) is 0.564. The van der Waals surface area contributed by atoms with E-state index in [9.17, 15) is 5.11 Å². The van der Waals surface area contributed by atoms with Crippen molar-refractivity contribution in [2.45, 2.75) is 95.1 Å². The van der Waals surface area contributed by atoms with E-state index >= 15 is 0 Å². The van der Waals surface area contributed by atoms with Crippen molar-refractivity contribution in [1.29, 1.82) is 0 Å². The molecule has 1 heterocycles. The molecule has 0 aromatic carbocycles. The molecule has 0 aromatic heterocycles. The van der Waals surface area contributed by atoms with Gasteiger partial charge in [0, 0.05) is 12.6 Å². The summed E-state index contributed by atoms with van der Waals surface area (Å²) in [5.41, 5.74) is 1.63. The van der Waals surface area contributed by atoms with E-state index in [1.54, 1.807) is 0 Å². The Kier molecular flexibility index (Phi) is 6.84. The molecule has 2 N–H and O–H groups in total. The third-order valence-electron chi connectivity index (χ3n) is 9.61. The van der Waals surface area contributed by atoms with E-state index in [1.165, 1.54) is 63.7 Å². The number of likely N-dealkylation sites (tertiary alicyclic amines) is 1. The molecule has 6 rings (SSSR count). The van der Waals surface area contributed by atoms with E-state index < -0.39 is 0 Å². The lowest BCUT2D eigenvalue weighted by molar-refractivity contribution is -0.165. The number of halogens is 1. The van der Waals surface area contributed by atoms with Gasteiger partial charge in [-0.15, -0.1) is 11.6 Å². The second kappa shape index (κ2) is 9.36. The van der Waals surface area contributed by atoms with Gasteiger partial charge in [0.25, 0.3) is 0 Å². The van der Waals surface area contributed by atoms with Gasteiger partial charge in [-0.1, -0.05) is 32.1 Å². The Labute approximate surface area is 201 Å². The first-order valence-electron chi connectivity index (χ1n) is 13.5. The topological polar surface area (TPSA) is 35.5 Å². The van der Waals surface area contributed by atoms with E-state index in [4.69, 9.17) is 11.6 Å². The van der Waals surface area contributed by atoms with Crippen molar-refractivity contribution in [1.82, 2.24) is 10.2 Å².